The number of nitrogens with one attached hydrogen (secondary N) is 1. The number of anilines is 1. The minimum absolute atomic E-state index is 0.0292. The summed E-state index contributed by atoms with van der Waals surface area (Å²) in [6, 6.07) is 6.49. The van der Waals surface area contributed by atoms with E-state index < -0.39 is 15.1 Å². The highest BCUT2D eigenvalue weighted by atomic mass is 32.2. The Morgan fingerprint density at radius 3 is 2.08 bits per heavy atom. The Morgan fingerprint density at radius 2 is 1.49 bits per heavy atom. The Balaban J connectivity index is 1.52. The van der Waals surface area contributed by atoms with Gasteiger partial charge in [-0.25, -0.2) is 8.42 Å². The average Bonchev–Trinajstić information content (AvgIpc) is 3.37. The number of unbranched alkanes of at least 4 members (excludes halogenated alkanes) is 1. The molecule has 1 heterocycles. The molecular formula is C24H36N4O8S. The van der Waals surface area contributed by atoms with Crippen molar-refractivity contribution < 1.29 is 36.6 Å². The number of ketones is 1. The van der Waals surface area contributed by atoms with Crippen LogP contribution in [0.5, 0.6) is 0 Å². The number of ether oxygens (including phenoxy) is 3. The molecular weight excluding hydrogens is 504 g/mol. The Kier molecular flexibility index (Phi) is 14.0. The summed E-state index contributed by atoms with van der Waals surface area (Å²) in [7, 11) is -3.59. The molecule has 0 radical (unpaired) electrons. The topological polar surface area (TPSA) is 173 Å². The molecule has 206 valence electrons. The molecule has 12 nitrogen and oxygen atoms in total. The molecule has 0 unspecified atom stereocenters. The number of Topliss-reactive ketones (excluding diaryl/α,β-unsaturated/α-hetero) is 1. The lowest BCUT2D eigenvalue weighted by molar-refractivity contribution is -0.123. The number of rotatable bonds is 20. The molecule has 0 fully saturated rings. The molecule has 0 bridgehead atoms. The highest BCUT2D eigenvalue weighted by molar-refractivity contribution is 7.90. The molecule has 0 saturated carbocycles. The van der Waals surface area contributed by atoms with Gasteiger partial charge in [0.25, 0.3) is 0 Å². The van der Waals surface area contributed by atoms with Gasteiger partial charge in [0.05, 0.1) is 26.4 Å². The quantitative estimate of drug-likeness (QED) is 0.235. The van der Waals surface area contributed by atoms with E-state index >= 15 is 0 Å². The maximum Gasteiger partial charge on any atom is 0.335 e. The van der Waals surface area contributed by atoms with Crippen molar-refractivity contribution in [2.24, 2.45) is 5.73 Å². The molecule has 1 aromatic carbocycles. The first-order valence-corrected chi connectivity index (χ1v) is 14.1. The van der Waals surface area contributed by atoms with Crippen LogP contribution in [0.2, 0.25) is 0 Å². The average molecular weight is 541 g/mol. The van der Waals surface area contributed by atoms with Gasteiger partial charge in [-0.05, 0) is 50.1 Å². The smallest absolute Gasteiger partial charge is 0.335 e. The number of carbonyl (C=O) groups excluding carboxylic acids is 2. The molecule has 0 aliphatic heterocycles. The lowest BCUT2D eigenvalue weighted by Crippen LogP contribution is -2.13. The SMILES string of the molecule is CS(=O)(=O)c1nnc(-c2ccc(NC(=O)CCC(=O)CCCCOCCOCCOCCCN)cc2)o1. The first-order chi connectivity index (χ1) is 17.8. The summed E-state index contributed by atoms with van der Waals surface area (Å²) >= 11 is 0. The summed E-state index contributed by atoms with van der Waals surface area (Å²) in [6.07, 6.45) is 3.95. The second-order valence-corrected chi connectivity index (χ2v) is 10.1. The Bertz CT molecular complexity index is 1060. The van der Waals surface area contributed by atoms with Crippen molar-refractivity contribution in [2.75, 3.05) is 57.8 Å². The predicted molar refractivity (Wildman–Crippen MR) is 136 cm³/mol. The number of aromatic nitrogens is 2. The Labute approximate surface area is 217 Å². The lowest BCUT2D eigenvalue weighted by atomic mass is 10.1. The van der Waals surface area contributed by atoms with Crippen LogP contribution in [-0.2, 0) is 33.6 Å². The molecule has 1 aromatic heterocycles. The van der Waals surface area contributed by atoms with Crippen LogP contribution in [0.4, 0.5) is 5.69 Å². The zero-order chi connectivity index (χ0) is 26.9. The fourth-order valence-corrected chi connectivity index (χ4v) is 3.45. The number of hydrogen-bond acceptors (Lipinski definition) is 11. The van der Waals surface area contributed by atoms with E-state index in [-0.39, 0.29) is 30.4 Å². The van der Waals surface area contributed by atoms with Gasteiger partial charge in [-0.1, -0.05) is 5.10 Å². The highest BCUT2D eigenvalue weighted by Gasteiger charge is 2.17. The summed E-state index contributed by atoms with van der Waals surface area (Å²) in [6.45, 7) is 3.89. The largest absolute Gasteiger partial charge is 0.408 e. The number of carbonyl (C=O) groups is 2. The summed E-state index contributed by atoms with van der Waals surface area (Å²) in [5.41, 5.74) is 6.42. The van der Waals surface area contributed by atoms with E-state index in [1.807, 2.05) is 0 Å². The Hall–Kier alpha value is -2.71. The van der Waals surface area contributed by atoms with E-state index in [0.29, 0.717) is 70.3 Å². The molecule has 0 saturated heterocycles. The molecule has 3 N–H and O–H groups in total. The van der Waals surface area contributed by atoms with Crippen molar-refractivity contribution in [1.29, 1.82) is 0 Å². The van der Waals surface area contributed by atoms with Gasteiger partial charge >= 0.3 is 5.22 Å². The van der Waals surface area contributed by atoms with E-state index in [1.54, 1.807) is 24.3 Å². The minimum Gasteiger partial charge on any atom is -0.408 e. The third kappa shape index (κ3) is 12.9. The van der Waals surface area contributed by atoms with Crippen LogP contribution in [0, 0.1) is 0 Å². The molecule has 0 atom stereocenters. The van der Waals surface area contributed by atoms with Gasteiger partial charge in [-0.3, -0.25) is 9.59 Å². The van der Waals surface area contributed by atoms with Crippen LogP contribution in [0.25, 0.3) is 11.5 Å². The van der Waals surface area contributed by atoms with E-state index in [1.165, 1.54) is 0 Å². The van der Waals surface area contributed by atoms with E-state index in [2.05, 4.69) is 15.5 Å². The number of hydrogen-bond donors (Lipinski definition) is 2. The van der Waals surface area contributed by atoms with Crippen molar-refractivity contribution in [1.82, 2.24) is 10.2 Å². The lowest BCUT2D eigenvalue weighted by Gasteiger charge is -2.07. The van der Waals surface area contributed by atoms with E-state index in [4.69, 9.17) is 24.4 Å². The molecule has 1 amide bonds. The van der Waals surface area contributed by atoms with Gasteiger partial charge < -0.3 is 29.7 Å². The fourth-order valence-electron chi connectivity index (χ4n) is 3.03. The summed E-state index contributed by atoms with van der Waals surface area (Å²) < 4.78 is 44.2. The number of nitrogens with zero attached hydrogens (tertiary/aromatic N) is 2. The number of sulfone groups is 1. The maximum atomic E-state index is 12.2. The normalized spacial score (nSPS) is 11.5. The maximum absolute atomic E-state index is 12.2. The molecule has 2 rings (SSSR count). The van der Waals surface area contributed by atoms with Crippen molar-refractivity contribution in [2.45, 2.75) is 43.7 Å². The number of amides is 1. The highest BCUT2D eigenvalue weighted by Crippen LogP contribution is 2.21. The van der Waals surface area contributed by atoms with Crippen LogP contribution in [-0.4, -0.2) is 82.7 Å². The zero-order valence-electron chi connectivity index (χ0n) is 21.1. The molecule has 0 spiro atoms. The van der Waals surface area contributed by atoms with Gasteiger partial charge in [-0.2, -0.15) is 0 Å². The Morgan fingerprint density at radius 1 is 0.865 bits per heavy atom. The van der Waals surface area contributed by atoms with Crippen LogP contribution in [0.1, 0.15) is 38.5 Å². The molecule has 0 aliphatic carbocycles. The summed E-state index contributed by atoms with van der Waals surface area (Å²) in [5, 5.41) is 9.49. The van der Waals surface area contributed by atoms with Crippen molar-refractivity contribution in [3.8, 4) is 11.5 Å². The second kappa shape index (κ2) is 16.9. The predicted octanol–water partition coefficient (Wildman–Crippen LogP) is 2.00. The zero-order valence-corrected chi connectivity index (χ0v) is 22.0. The number of benzene rings is 1. The summed E-state index contributed by atoms with van der Waals surface area (Å²) in [4.78, 5) is 24.2. The molecule has 37 heavy (non-hydrogen) atoms. The van der Waals surface area contributed by atoms with Crippen molar-refractivity contribution >= 4 is 27.2 Å². The first-order valence-electron chi connectivity index (χ1n) is 12.2. The van der Waals surface area contributed by atoms with Crippen LogP contribution in [0.15, 0.2) is 33.9 Å². The monoisotopic (exact) mass is 540 g/mol. The second-order valence-electron chi connectivity index (χ2n) is 8.25. The van der Waals surface area contributed by atoms with Gasteiger partial charge in [0, 0.05) is 50.0 Å². The van der Waals surface area contributed by atoms with Crippen molar-refractivity contribution in [3.05, 3.63) is 24.3 Å². The third-order valence-corrected chi connectivity index (χ3v) is 5.80. The van der Waals surface area contributed by atoms with Gasteiger partial charge in [-0.15, -0.1) is 5.10 Å². The molecule has 0 aliphatic rings. The van der Waals surface area contributed by atoms with E-state index in [0.717, 1.165) is 19.1 Å². The van der Waals surface area contributed by atoms with E-state index in [9.17, 15) is 18.0 Å². The summed E-state index contributed by atoms with van der Waals surface area (Å²) in [5.74, 6) is -0.185. The van der Waals surface area contributed by atoms with Crippen molar-refractivity contribution in [3.63, 3.8) is 0 Å². The van der Waals surface area contributed by atoms with Crippen LogP contribution >= 0.6 is 0 Å². The van der Waals surface area contributed by atoms with Crippen LogP contribution in [0.3, 0.4) is 0 Å². The van der Waals surface area contributed by atoms with Crippen LogP contribution < -0.4 is 11.1 Å². The van der Waals surface area contributed by atoms with Gasteiger partial charge in [0.15, 0.2) is 0 Å². The standard InChI is InChI=1S/C24H36N4O8S/c1-37(31,32)24-28-27-23(36-24)19-6-8-20(9-7-19)26-22(30)11-10-21(29)5-2-3-13-33-15-17-35-18-16-34-14-4-12-25/h6-9H,2-5,10-18,25H2,1H3,(H,26,30). The first kappa shape index (κ1) is 30.5. The molecule has 13 heteroatoms. The molecule has 2 aromatic rings. The fraction of sp³-hybridized carbons (Fsp3) is 0.583. The van der Waals surface area contributed by atoms with Gasteiger partial charge in [0.2, 0.25) is 21.6 Å². The van der Waals surface area contributed by atoms with Gasteiger partial charge in [0.1, 0.15) is 5.78 Å². The third-order valence-electron chi connectivity index (χ3n) is 5.00. The number of nitrogens with two attached hydrogens (primary N) is 1. The minimum atomic E-state index is -3.59.